The molecule has 0 atom stereocenters. The lowest BCUT2D eigenvalue weighted by Crippen LogP contribution is -2.06. The first-order chi connectivity index (χ1) is 9.70. The Labute approximate surface area is 121 Å². The van der Waals surface area contributed by atoms with Gasteiger partial charge in [0.1, 0.15) is 0 Å². The van der Waals surface area contributed by atoms with Gasteiger partial charge in [0.25, 0.3) is 0 Å². The van der Waals surface area contributed by atoms with Crippen LogP contribution in [-0.4, -0.2) is 36.9 Å². The maximum atomic E-state index is 11.3. The van der Waals surface area contributed by atoms with E-state index in [2.05, 4.69) is 6.92 Å². The molecule has 0 aromatic heterocycles. The number of hydrogen-bond acceptors (Lipinski definition) is 5. The number of ether oxygens (including phenoxy) is 2. The lowest BCUT2D eigenvalue weighted by molar-refractivity contribution is -0.140. The summed E-state index contributed by atoms with van der Waals surface area (Å²) < 4.78 is 9.67. The number of rotatable bonds is 12. The molecule has 20 heavy (non-hydrogen) atoms. The second-order valence-electron chi connectivity index (χ2n) is 4.51. The molecule has 0 spiro atoms. The summed E-state index contributed by atoms with van der Waals surface area (Å²) in [6.07, 6.45) is 9.27. The fourth-order valence-electron chi connectivity index (χ4n) is 1.52. The SMILES string of the molecule is CCCCCCCCOC(=O)C=CC(=O)OCCCO. The maximum Gasteiger partial charge on any atom is 0.331 e. The normalized spacial score (nSPS) is 10.7. The van der Waals surface area contributed by atoms with E-state index in [0.29, 0.717) is 13.0 Å². The van der Waals surface area contributed by atoms with Crippen LogP contribution in [0.4, 0.5) is 0 Å². The van der Waals surface area contributed by atoms with E-state index in [1.807, 2.05) is 0 Å². The molecule has 0 heterocycles. The van der Waals surface area contributed by atoms with Gasteiger partial charge >= 0.3 is 11.9 Å². The third-order valence-corrected chi connectivity index (χ3v) is 2.64. The number of hydrogen-bond donors (Lipinski definition) is 1. The third-order valence-electron chi connectivity index (χ3n) is 2.64. The van der Waals surface area contributed by atoms with Crippen molar-refractivity contribution < 1.29 is 24.2 Å². The summed E-state index contributed by atoms with van der Waals surface area (Å²) in [6, 6.07) is 0. The molecule has 0 fully saturated rings. The van der Waals surface area contributed by atoms with Crippen molar-refractivity contribution >= 4 is 11.9 Å². The van der Waals surface area contributed by atoms with Crippen molar-refractivity contribution in [2.75, 3.05) is 19.8 Å². The van der Waals surface area contributed by atoms with E-state index >= 15 is 0 Å². The Balaban J connectivity index is 3.50. The fraction of sp³-hybridized carbons (Fsp3) is 0.733. The van der Waals surface area contributed by atoms with E-state index in [-0.39, 0.29) is 13.2 Å². The Bertz CT molecular complexity index is 286. The molecule has 0 radical (unpaired) electrons. The lowest BCUT2D eigenvalue weighted by Gasteiger charge is -2.02. The zero-order valence-electron chi connectivity index (χ0n) is 12.3. The number of carbonyl (C=O) groups excluding carboxylic acids is 2. The van der Waals surface area contributed by atoms with Crippen LogP contribution in [0.2, 0.25) is 0 Å². The quantitative estimate of drug-likeness (QED) is 0.339. The van der Waals surface area contributed by atoms with Gasteiger partial charge in [-0.25, -0.2) is 9.59 Å². The van der Waals surface area contributed by atoms with Crippen molar-refractivity contribution in [3.05, 3.63) is 12.2 Å². The number of unbranched alkanes of at least 4 members (excludes halogenated alkanes) is 5. The van der Waals surface area contributed by atoms with Gasteiger partial charge in [-0.2, -0.15) is 0 Å². The molecular formula is C15H26O5. The maximum absolute atomic E-state index is 11.3. The van der Waals surface area contributed by atoms with Crippen LogP contribution < -0.4 is 0 Å². The first kappa shape index (κ1) is 18.6. The highest BCUT2D eigenvalue weighted by Gasteiger charge is 2.00. The summed E-state index contributed by atoms with van der Waals surface area (Å²) in [4.78, 5) is 22.4. The molecular weight excluding hydrogens is 260 g/mol. The topological polar surface area (TPSA) is 72.8 Å². The summed E-state index contributed by atoms with van der Waals surface area (Å²) in [5, 5.41) is 8.50. The van der Waals surface area contributed by atoms with Crippen LogP contribution in [0.1, 0.15) is 51.9 Å². The van der Waals surface area contributed by atoms with E-state index < -0.39 is 11.9 Å². The molecule has 116 valence electrons. The highest BCUT2D eigenvalue weighted by atomic mass is 16.5. The van der Waals surface area contributed by atoms with Gasteiger partial charge in [-0.1, -0.05) is 39.0 Å². The second kappa shape index (κ2) is 14.1. The van der Waals surface area contributed by atoms with Crippen molar-refractivity contribution in [3.8, 4) is 0 Å². The van der Waals surface area contributed by atoms with Crippen molar-refractivity contribution in [3.63, 3.8) is 0 Å². The summed E-state index contributed by atoms with van der Waals surface area (Å²) in [6.45, 7) is 2.67. The number of esters is 2. The van der Waals surface area contributed by atoms with Gasteiger partial charge < -0.3 is 14.6 Å². The predicted octanol–water partition coefficient (Wildman–Crippen LogP) is 2.37. The fourth-order valence-corrected chi connectivity index (χ4v) is 1.52. The highest BCUT2D eigenvalue weighted by Crippen LogP contribution is 2.04. The first-order valence-corrected chi connectivity index (χ1v) is 7.33. The first-order valence-electron chi connectivity index (χ1n) is 7.33. The number of aliphatic hydroxyl groups is 1. The van der Waals surface area contributed by atoms with Gasteiger partial charge in [0.15, 0.2) is 0 Å². The summed E-state index contributed by atoms with van der Waals surface area (Å²) in [5.41, 5.74) is 0. The molecule has 0 amide bonds. The molecule has 0 unspecified atom stereocenters. The molecule has 0 aliphatic rings. The largest absolute Gasteiger partial charge is 0.463 e. The molecule has 0 rings (SSSR count). The van der Waals surface area contributed by atoms with Crippen LogP contribution in [0.15, 0.2) is 12.2 Å². The minimum Gasteiger partial charge on any atom is -0.463 e. The molecule has 5 heteroatoms. The van der Waals surface area contributed by atoms with Crippen LogP contribution in [0.3, 0.4) is 0 Å². The zero-order chi connectivity index (χ0) is 15.1. The van der Waals surface area contributed by atoms with E-state index in [9.17, 15) is 9.59 Å². The van der Waals surface area contributed by atoms with E-state index in [0.717, 1.165) is 25.0 Å². The van der Waals surface area contributed by atoms with E-state index in [4.69, 9.17) is 14.6 Å². The molecule has 0 saturated heterocycles. The van der Waals surface area contributed by atoms with E-state index in [1.165, 1.54) is 25.7 Å². The molecule has 0 aliphatic heterocycles. The van der Waals surface area contributed by atoms with Crippen LogP contribution in [0, 0.1) is 0 Å². The Morgan fingerprint density at radius 3 is 1.90 bits per heavy atom. The summed E-state index contributed by atoms with van der Waals surface area (Å²) >= 11 is 0. The van der Waals surface area contributed by atoms with E-state index in [1.54, 1.807) is 0 Å². The van der Waals surface area contributed by atoms with Gasteiger partial charge in [0.05, 0.1) is 13.2 Å². The minimum atomic E-state index is -0.602. The Kier molecular flexibility index (Phi) is 13.1. The minimum absolute atomic E-state index is 0.0305. The standard InChI is InChI=1S/C15H26O5/c1-2-3-4-5-6-7-12-19-14(17)9-10-15(18)20-13-8-11-16/h9-10,16H,2-8,11-13H2,1H3. The molecule has 0 aromatic rings. The van der Waals surface area contributed by atoms with Gasteiger partial charge in [-0.05, 0) is 6.42 Å². The molecule has 1 N–H and O–H groups in total. The third kappa shape index (κ3) is 13.1. The lowest BCUT2D eigenvalue weighted by atomic mass is 10.1. The van der Waals surface area contributed by atoms with Crippen LogP contribution >= 0.6 is 0 Å². The average molecular weight is 286 g/mol. The Hall–Kier alpha value is -1.36. The van der Waals surface area contributed by atoms with Gasteiger partial charge in [0.2, 0.25) is 0 Å². The average Bonchev–Trinajstić information content (AvgIpc) is 2.44. The van der Waals surface area contributed by atoms with Gasteiger partial charge in [0, 0.05) is 25.2 Å². The number of aliphatic hydroxyl groups excluding tert-OH is 1. The van der Waals surface area contributed by atoms with Crippen molar-refractivity contribution in [1.29, 1.82) is 0 Å². The smallest absolute Gasteiger partial charge is 0.331 e. The molecule has 0 bridgehead atoms. The van der Waals surface area contributed by atoms with Crippen LogP contribution in [0.5, 0.6) is 0 Å². The zero-order valence-corrected chi connectivity index (χ0v) is 12.3. The summed E-state index contributed by atoms with van der Waals surface area (Å²) in [7, 11) is 0. The van der Waals surface area contributed by atoms with Crippen molar-refractivity contribution in [2.45, 2.75) is 51.9 Å². The van der Waals surface area contributed by atoms with Crippen LogP contribution in [-0.2, 0) is 19.1 Å². The van der Waals surface area contributed by atoms with Crippen LogP contribution in [0.25, 0.3) is 0 Å². The summed E-state index contributed by atoms with van der Waals surface area (Å²) in [5.74, 6) is -1.13. The highest BCUT2D eigenvalue weighted by molar-refractivity contribution is 5.91. The van der Waals surface area contributed by atoms with Crippen molar-refractivity contribution in [1.82, 2.24) is 0 Å². The monoisotopic (exact) mass is 286 g/mol. The molecule has 5 nitrogen and oxygen atoms in total. The molecule has 0 aliphatic carbocycles. The van der Waals surface area contributed by atoms with Crippen molar-refractivity contribution in [2.24, 2.45) is 0 Å². The number of carbonyl (C=O) groups is 2. The molecule has 0 saturated carbocycles. The van der Waals surface area contributed by atoms with Gasteiger partial charge in [-0.3, -0.25) is 0 Å². The Morgan fingerprint density at radius 1 is 0.850 bits per heavy atom. The molecule has 0 aromatic carbocycles. The predicted molar refractivity (Wildman–Crippen MR) is 76.1 cm³/mol. The Morgan fingerprint density at radius 2 is 1.35 bits per heavy atom. The second-order valence-corrected chi connectivity index (χ2v) is 4.51. The van der Waals surface area contributed by atoms with Gasteiger partial charge in [-0.15, -0.1) is 0 Å².